The summed E-state index contributed by atoms with van der Waals surface area (Å²) in [6.45, 7) is 2.83. The monoisotopic (exact) mass is 181 g/mol. The van der Waals surface area contributed by atoms with Crippen LogP contribution in [-0.2, 0) is 5.41 Å². The second kappa shape index (κ2) is 3.06. The average Bonchev–Trinajstić information content (AvgIpc) is 2.64. The molecule has 1 aliphatic carbocycles. The van der Waals surface area contributed by atoms with Crippen molar-refractivity contribution in [2.75, 3.05) is 6.54 Å². The summed E-state index contributed by atoms with van der Waals surface area (Å²) >= 11 is 0. The van der Waals surface area contributed by atoms with Gasteiger partial charge in [-0.3, -0.25) is 0 Å². The Bertz CT molecular complexity index is 270. The molecule has 1 aliphatic rings. The molecule has 0 aliphatic heterocycles. The molecular formula is C8H15N5. The van der Waals surface area contributed by atoms with Crippen molar-refractivity contribution >= 4 is 0 Å². The first-order chi connectivity index (χ1) is 6.33. The van der Waals surface area contributed by atoms with E-state index in [9.17, 15) is 0 Å². The Labute approximate surface area is 77.1 Å². The van der Waals surface area contributed by atoms with E-state index < -0.39 is 0 Å². The smallest absolute Gasteiger partial charge is 0.182 e. The van der Waals surface area contributed by atoms with E-state index in [1.54, 1.807) is 0 Å². The van der Waals surface area contributed by atoms with E-state index in [4.69, 9.17) is 5.73 Å². The molecule has 0 radical (unpaired) electrons. The lowest BCUT2D eigenvalue weighted by Crippen LogP contribution is -2.24. The third kappa shape index (κ3) is 1.23. The fourth-order valence-electron chi connectivity index (χ4n) is 2.10. The number of aromatic nitrogens is 4. The third-order valence-electron chi connectivity index (χ3n) is 3.02. The zero-order valence-corrected chi connectivity index (χ0v) is 7.82. The minimum Gasteiger partial charge on any atom is -0.329 e. The van der Waals surface area contributed by atoms with Crippen LogP contribution in [0.4, 0.5) is 0 Å². The lowest BCUT2D eigenvalue weighted by Gasteiger charge is -2.08. The molecule has 5 heteroatoms. The van der Waals surface area contributed by atoms with Gasteiger partial charge in [0.15, 0.2) is 5.82 Å². The van der Waals surface area contributed by atoms with Gasteiger partial charge in [-0.25, -0.2) is 0 Å². The van der Waals surface area contributed by atoms with Crippen LogP contribution in [0.5, 0.6) is 0 Å². The van der Waals surface area contributed by atoms with Gasteiger partial charge in [0.1, 0.15) is 0 Å². The fourth-order valence-corrected chi connectivity index (χ4v) is 2.10. The number of nitrogens with two attached hydrogens (primary N) is 1. The van der Waals surface area contributed by atoms with Crippen molar-refractivity contribution in [3.63, 3.8) is 0 Å². The van der Waals surface area contributed by atoms with E-state index in [-0.39, 0.29) is 5.41 Å². The predicted octanol–water partition coefficient (Wildman–Crippen LogP) is 0.216. The predicted molar refractivity (Wildman–Crippen MR) is 47.9 cm³/mol. The van der Waals surface area contributed by atoms with Gasteiger partial charge in [-0.05, 0) is 18.8 Å². The van der Waals surface area contributed by atoms with Crippen LogP contribution in [0.3, 0.4) is 0 Å². The fraction of sp³-hybridized carbons (Fsp3) is 0.875. The van der Waals surface area contributed by atoms with Gasteiger partial charge in [0.2, 0.25) is 0 Å². The van der Waals surface area contributed by atoms with Crippen LogP contribution in [0.25, 0.3) is 0 Å². The maximum atomic E-state index is 5.76. The first kappa shape index (κ1) is 8.62. The Hall–Kier alpha value is -0.970. The van der Waals surface area contributed by atoms with Gasteiger partial charge in [-0.15, -0.1) is 10.2 Å². The van der Waals surface area contributed by atoms with E-state index in [1.165, 1.54) is 12.8 Å². The molecule has 0 spiro atoms. The van der Waals surface area contributed by atoms with Gasteiger partial charge in [0, 0.05) is 12.0 Å². The quantitative estimate of drug-likeness (QED) is 0.696. The number of rotatable bonds is 4. The highest BCUT2D eigenvalue weighted by Crippen LogP contribution is 2.54. The van der Waals surface area contributed by atoms with E-state index in [2.05, 4.69) is 27.5 Å². The molecule has 1 saturated carbocycles. The Morgan fingerprint density at radius 1 is 1.69 bits per heavy atom. The first-order valence-electron chi connectivity index (χ1n) is 4.77. The molecule has 0 bridgehead atoms. The highest BCUT2D eigenvalue weighted by atomic mass is 15.5. The summed E-state index contributed by atoms with van der Waals surface area (Å²) in [6.07, 6.45) is 3.53. The van der Waals surface area contributed by atoms with Crippen molar-refractivity contribution in [3.05, 3.63) is 5.82 Å². The van der Waals surface area contributed by atoms with Crippen LogP contribution >= 0.6 is 0 Å². The van der Waals surface area contributed by atoms with Crippen molar-refractivity contribution in [2.45, 2.75) is 31.6 Å². The zero-order valence-electron chi connectivity index (χ0n) is 7.82. The number of nitrogens with one attached hydrogen (secondary N) is 1. The van der Waals surface area contributed by atoms with Crippen LogP contribution in [0.15, 0.2) is 0 Å². The van der Waals surface area contributed by atoms with Crippen molar-refractivity contribution in [3.8, 4) is 0 Å². The molecule has 1 fully saturated rings. The minimum atomic E-state index is 0.0447. The summed E-state index contributed by atoms with van der Waals surface area (Å²) in [7, 11) is 0. The molecule has 1 heterocycles. The molecule has 1 aromatic heterocycles. The Balaban J connectivity index is 2.12. The van der Waals surface area contributed by atoms with Gasteiger partial charge in [0.05, 0.1) is 0 Å². The topological polar surface area (TPSA) is 80.5 Å². The minimum absolute atomic E-state index is 0.0447. The molecule has 13 heavy (non-hydrogen) atoms. The van der Waals surface area contributed by atoms with Gasteiger partial charge < -0.3 is 5.73 Å². The van der Waals surface area contributed by atoms with Crippen molar-refractivity contribution in [1.82, 2.24) is 20.6 Å². The molecule has 2 rings (SSSR count). The largest absolute Gasteiger partial charge is 0.329 e. The maximum absolute atomic E-state index is 5.76. The standard InChI is InChI=1S/C8H15N5/c1-2-3-6-4-8(6,5-9)7-10-12-13-11-7/h6H,2-5,9H2,1H3,(H,10,11,12,13). The molecule has 0 amide bonds. The van der Waals surface area contributed by atoms with Gasteiger partial charge in [-0.2, -0.15) is 5.21 Å². The van der Waals surface area contributed by atoms with E-state index >= 15 is 0 Å². The summed E-state index contributed by atoms with van der Waals surface area (Å²) in [5.41, 5.74) is 5.80. The lowest BCUT2D eigenvalue weighted by molar-refractivity contribution is 0.546. The Morgan fingerprint density at radius 3 is 3.08 bits per heavy atom. The number of tetrazole rings is 1. The van der Waals surface area contributed by atoms with Crippen LogP contribution in [-0.4, -0.2) is 27.2 Å². The second-order valence-corrected chi connectivity index (χ2v) is 3.79. The van der Waals surface area contributed by atoms with Crippen LogP contribution in [0, 0.1) is 5.92 Å². The highest BCUT2D eigenvalue weighted by molar-refractivity contribution is 5.21. The zero-order chi connectivity index (χ0) is 9.31. The van der Waals surface area contributed by atoms with Gasteiger partial charge in [0.25, 0.3) is 0 Å². The number of aromatic amines is 1. The molecule has 2 unspecified atom stereocenters. The number of hydrogen-bond acceptors (Lipinski definition) is 4. The van der Waals surface area contributed by atoms with Crippen molar-refractivity contribution in [2.24, 2.45) is 11.7 Å². The molecule has 5 nitrogen and oxygen atoms in total. The second-order valence-electron chi connectivity index (χ2n) is 3.79. The molecular weight excluding hydrogens is 166 g/mol. The van der Waals surface area contributed by atoms with Crippen LogP contribution < -0.4 is 5.73 Å². The molecule has 0 saturated heterocycles. The average molecular weight is 181 g/mol. The molecule has 1 aromatic rings. The summed E-state index contributed by atoms with van der Waals surface area (Å²) in [5.74, 6) is 1.47. The number of H-pyrrole nitrogens is 1. The molecule has 0 aromatic carbocycles. The van der Waals surface area contributed by atoms with E-state index in [0.29, 0.717) is 12.5 Å². The first-order valence-corrected chi connectivity index (χ1v) is 4.77. The Kier molecular flexibility index (Phi) is 2.03. The SMILES string of the molecule is CCCC1CC1(CN)c1nn[nH]n1. The van der Waals surface area contributed by atoms with Crippen molar-refractivity contribution in [1.29, 1.82) is 0 Å². The summed E-state index contributed by atoms with van der Waals surface area (Å²) < 4.78 is 0. The maximum Gasteiger partial charge on any atom is 0.182 e. The summed E-state index contributed by atoms with van der Waals surface area (Å²) in [4.78, 5) is 0. The van der Waals surface area contributed by atoms with Gasteiger partial charge in [-0.1, -0.05) is 18.6 Å². The number of nitrogens with zero attached hydrogens (tertiary/aromatic N) is 3. The molecule has 3 N–H and O–H groups in total. The van der Waals surface area contributed by atoms with E-state index in [1.807, 2.05) is 0 Å². The molecule has 72 valence electrons. The summed E-state index contributed by atoms with van der Waals surface area (Å²) in [6, 6.07) is 0. The normalized spacial score (nSPS) is 32.0. The number of hydrogen-bond donors (Lipinski definition) is 2. The lowest BCUT2D eigenvalue weighted by atomic mass is 10.0. The van der Waals surface area contributed by atoms with Crippen LogP contribution in [0.1, 0.15) is 32.0 Å². The third-order valence-corrected chi connectivity index (χ3v) is 3.02. The van der Waals surface area contributed by atoms with Crippen molar-refractivity contribution < 1.29 is 0 Å². The Morgan fingerprint density at radius 2 is 2.54 bits per heavy atom. The highest BCUT2D eigenvalue weighted by Gasteiger charge is 2.56. The van der Waals surface area contributed by atoms with Gasteiger partial charge >= 0.3 is 0 Å². The van der Waals surface area contributed by atoms with Crippen LogP contribution in [0.2, 0.25) is 0 Å². The molecule has 2 atom stereocenters. The summed E-state index contributed by atoms with van der Waals surface area (Å²) in [5, 5.41) is 14.1. The van der Waals surface area contributed by atoms with E-state index in [0.717, 1.165) is 12.2 Å².